The van der Waals surface area contributed by atoms with Gasteiger partial charge in [0.15, 0.2) is 5.78 Å². The Labute approximate surface area is 179 Å². The van der Waals surface area contributed by atoms with E-state index >= 15 is 0 Å². The van der Waals surface area contributed by atoms with Crippen molar-refractivity contribution >= 4 is 17.4 Å². The molecule has 0 unspecified atom stereocenters. The molecule has 0 atom stereocenters. The van der Waals surface area contributed by atoms with Crippen molar-refractivity contribution in [3.8, 4) is 0 Å². The molecule has 1 heterocycles. The highest BCUT2D eigenvalue weighted by Crippen LogP contribution is 2.29. The summed E-state index contributed by atoms with van der Waals surface area (Å²) in [5.41, 5.74) is 3.13. The zero-order chi connectivity index (χ0) is 22.4. The molecule has 164 valence electrons. The van der Waals surface area contributed by atoms with Gasteiger partial charge in [-0.1, -0.05) is 41.5 Å². The second kappa shape index (κ2) is 9.81. The van der Waals surface area contributed by atoms with Crippen LogP contribution in [0, 0.1) is 6.92 Å². The number of benzene rings is 2. The highest BCUT2D eigenvalue weighted by Gasteiger charge is 2.30. The van der Waals surface area contributed by atoms with E-state index in [1.165, 1.54) is 17.7 Å². The molecule has 0 aromatic heterocycles. The van der Waals surface area contributed by atoms with Crippen LogP contribution in [-0.2, 0) is 22.2 Å². The van der Waals surface area contributed by atoms with Gasteiger partial charge in [-0.25, -0.2) is 0 Å². The topological polar surface area (TPSA) is 49.4 Å². The minimum atomic E-state index is -4.40. The van der Waals surface area contributed by atoms with Crippen molar-refractivity contribution in [1.29, 1.82) is 0 Å². The quantitative estimate of drug-likeness (QED) is 0.660. The number of alkyl halides is 3. The maximum absolute atomic E-state index is 12.6. The Morgan fingerprint density at radius 1 is 1.00 bits per heavy atom. The fourth-order valence-electron chi connectivity index (χ4n) is 3.43. The largest absolute Gasteiger partial charge is 0.416 e. The monoisotopic (exact) mass is 430 g/mol. The van der Waals surface area contributed by atoms with Gasteiger partial charge in [-0.15, -0.1) is 0 Å². The standard InChI is InChI=1S/C24H25F3N2O2/c1-17-2-8-21(9-3-17)29-12-10-19(11-13-29)15-23(31)28-16-22(30)14-18-4-6-20(7-5-18)24(25,26)27/h2-10H,11-16H2,1H3,(H,28,31). The van der Waals surface area contributed by atoms with Crippen LogP contribution in [0.4, 0.5) is 18.9 Å². The molecule has 0 aliphatic carbocycles. The summed E-state index contributed by atoms with van der Waals surface area (Å²) in [5.74, 6) is -0.480. The van der Waals surface area contributed by atoms with Gasteiger partial charge < -0.3 is 10.2 Å². The van der Waals surface area contributed by atoms with E-state index in [1.807, 2.05) is 13.0 Å². The van der Waals surface area contributed by atoms with Crippen molar-refractivity contribution in [2.45, 2.75) is 32.4 Å². The van der Waals surface area contributed by atoms with E-state index in [0.29, 0.717) is 5.56 Å². The van der Waals surface area contributed by atoms with Crippen molar-refractivity contribution in [2.24, 2.45) is 0 Å². The first-order chi connectivity index (χ1) is 14.7. The van der Waals surface area contributed by atoms with Crippen LogP contribution in [0.5, 0.6) is 0 Å². The van der Waals surface area contributed by atoms with Gasteiger partial charge in [0, 0.05) is 31.6 Å². The lowest BCUT2D eigenvalue weighted by molar-refractivity contribution is -0.137. The Kier molecular flexibility index (Phi) is 7.15. The predicted molar refractivity (Wildman–Crippen MR) is 114 cm³/mol. The summed E-state index contributed by atoms with van der Waals surface area (Å²) < 4.78 is 37.8. The zero-order valence-electron chi connectivity index (χ0n) is 17.3. The fourth-order valence-corrected chi connectivity index (χ4v) is 3.43. The van der Waals surface area contributed by atoms with Crippen LogP contribution in [0.15, 0.2) is 60.2 Å². The second-order valence-corrected chi connectivity index (χ2v) is 7.76. The van der Waals surface area contributed by atoms with E-state index in [-0.39, 0.29) is 31.1 Å². The second-order valence-electron chi connectivity index (χ2n) is 7.76. The summed E-state index contributed by atoms with van der Waals surface area (Å²) in [5, 5.41) is 2.61. The number of rotatable bonds is 7. The molecule has 1 aliphatic heterocycles. The summed E-state index contributed by atoms with van der Waals surface area (Å²) in [6, 6.07) is 12.8. The molecule has 0 radical (unpaired) electrons. The van der Waals surface area contributed by atoms with E-state index < -0.39 is 11.7 Å². The summed E-state index contributed by atoms with van der Waals surface area (Å²) in [7, 11) is 0. The van der Waals surface area contributed by atoms with Gasteiger partial charge in [0.05, 0.1) is 12.1 Å². The summed E-state index contributed by atoms with van der Waals surface area (Å²) in [6.07, 6.45) is -1.35. The highest BCUT2D eigenvalue weighted by molar-refractivity contribution is 5.88. The van der Waals surface area contributed by atoms with Crippen molar-refractivity contribution in [1.82, 2.24) is 5.32 Å². The number of hydrogen-bond acceptors (Lipinski definition) is 3. The first-order valence-corrected chi connectivity index (χ1v) is 10.1. The Hall–Kier alpha value is -3.09. The minimum absolute atomic E-state index is 0.0212. The lowest BCUT2D eigenvalue weighted by atomic mass is 10.0. The van der Waals surface area contributed by atoms with E-state index in [1.54, 1.807) is 0 Å². The third-order valence-electron chi connectivity index (χ3n) is 5.26. The molecule has 2 aromatic rings. The van der Waals surface area contributed by atoms with Gasteiger partial charge in [0.25, 0.3) is 0 Å². The average molecular weight is 430 g/mol. The third kappa shape index (κ3) is 6.70. The van der Waals surface area contributed by atoms with Gasteiger partial charge in [0.2, 0.25) is 5.91 Å². The van der Waals surface area contributed by atoms with Crippen LogP contribution < -0.4 is 10.2 Å². The molecule has 1 N–H and O–H groups in total. The number of Topliss-reactive ketones (excluding diaryl/α,β-unsaturated/α-hetero) is 1. The number of aryl methyl sites for hydroxylation is 1. The summed E-state index contributed by atoms with van der Waals surface area (Å²) in [6.45, 7) is 3.47. The van der Waals surface area contributed by atoms with Crippen LogP contribution in [0.2, 0.25) is 0 Å². The van der Waals surface area contributed by atoms with Gasteiger partial charge in [-0.2, -0.15) is 13.2 Å². The summed E-state index contributed by atoms with van der Waals surface area (Å²) in [4.78, 5) is 26.5. The van der Waals surface area contributed by atoms with Crippen LogP contribution in [0.3, 0.4) is 0 Å². The lowest BCUT2D eigenvalue weighted by Gasteiger charge is -2.28. The molecular formula is C24H25F3N2O2. The SMILES string of the molecule is Cc1ccc(N2CC=C(CC(=O)NCC(=O)Cc3ccc(C(F)(F)F)cc3)CC2)cc1. The highest BCUT2D eigenvalue weighted by atomic mass is 19.4. The molecule has 7 heteroatoms. The molecule has 0 spiro atoms. The molecule has 31 heavy (non-hydrogen) atoms. The molecule has 1 amide bonds. The molecule has 0 bridgehead atoms. The number of anilines is 1. The third-order valence-corrected chi connectivity index (χ3v) is 5.26. The number of amides is 1. The Morgan fingerprint density at radius 2 is 1.68 bits per heavy atom. The van der Waals surface area contributed by atoms with E-state index in [2.05, 4.69) is 34.5 Å². The van der Waals surface area contributed by atoms with E-state index in [9.17, 15) is 22.8 Å². The number of hydrogen-bond donors (Lipinski definition) is 1. The maximum Gasteiger partial charge on any atom is 0.416 e. The van der Waals surface area contributed by atoms with Crippen LogP contribution in [-0.4, -0.2) is 31.3 Å². The predicted octanol–water partition coefficient (Wildman–Crippen LogP) is 4.47. The number of ketones is 1. The molecule has 4 nitrogen and oxygen atoms in total. The molecule has 0 fully saturated rings. The first kappa shape index (κ1) is 22.6. The molecule has 3 rings (SSSR count). The van der Waals surface area contributed by atoms with Crippen molar-refractivity contribution in [2.75, 3.05) is 24.5 Å². The number of nitrogens with zero attached hydrogens (tertiary/aromatic N) is 1. The van der Waals surface area contributed by atoms with Crippen LogP contribution in [0.25, 0.3) is 0 Å². The van der Waals surface area contributed by atoms with Crippen LogP contribution in [0.1, 0.15) is 29.5 Å². The van der Waals surface area contributed by atoms with Gasteiger partial charge >= 0.3 is 6.18 Å². The van der Waals surface area contributed by atoms with Gasteiger partial charge in [0.1, 0.15) is 0 Å². The van der Waals surface area contributed by atoms with Gasteiger partial charge in [-0.3, -0.25) is 9.59 Å². The molecular weight excluding hydrogens is 405 g/mol. The smallest absolute Gasteiger partial charge is 0.367 e. The number of halogens is 3. The summed E-state index contributed by atoms with van der Waals surface area (Å²) >= 11 is 0. The molecule has 1 aliphatic rings. The van der Waals surface area contributed by atoms with Crippen molar-refractivity contribution in [3.63, 3.8) is 0 Å². The zero-order valence-corrected chi connectivity index (χ0v) is 17.3. The number of nitrogens with one attached hydrogen (secondary N) is 1. The Balaban J connectivity index is 1.41. The maximum atomic E-state index is 12.6. The van der Waals surface area contributed by atoms with Gasteiger partial charge in [-0.05, 0) is 43.2 Å². The number of carbonyl (C=O) groups is 2. The molecule has 0 saturated carbocycles. The van der Waals surface area contributed by atoms with Crippen LogP contribution >= 0.6 is 0 Å². The number of carbonyl (C=O) groups excluding carboxylic acids is 2. The Morgan fingerprint density at radius 3 is 2.26 bits per heavy atom. The Bertz CT molecular complexity index is 948. The molecule has 0 saturated heterocycles. The first-order valence-electron chi connectivity index (χ1n) is 10.1. The van der Waals surface area contributed by atoms with Crippen molar-refractivity contribution in [3.05, 3.63) is 76.9 Å². The van der Waals surface area contributed by atoms with E-state index in [4.69, 9.17) is 0 Å². The molecule has 2 aromatic carbocycles. The fraction of sp³-hybridized carbons (Fsp3) is 0.333. The lowest BCUT2D eigenvalue weighted by Crippen LogP contribution is -2.32. The minimum Gasteiger partial charge on any atom is -0.367 e. The average Bonchev–Trinajstić information content (AvgIpc) is 2.73. The van der Waals surface area contributed by atoms with Crippen molar-refractivity contribution < 1.29 is 22.8 Å². The normalized spacial score (nSPS) is 14.2. The van der Waals surface area contributed by atoms with E-state index in [0.717, 1.165) is 42.9 Å².